The van der Waals surface area contributed by atoms with E-state index in [-0.39, 0.29) is 18.0 Å². The van der Waals surface area contributed by atoms with Gasteiger partial charge in [-0.05, 0) is 97.7 Å². The van der Waals surface area contributed by atoms with Gasteiger partial charge >= 0.3 is 11.9 Å². The van der Waals surface area contributed by atoms with E-state index < -0.39 is 0 Å². The van der Waals surface area contributed by atoms with Crippen LogP contribution >= 0.6 is 0 Å². The summed E-state index contributed by atoms with van der Waals surface area (Å²) in [7, 11) is 1.49. The van der Waals surface area contributed by atoms with Crippen LogP contribution in [0.15, 0.2) is 12.2 Å². The van der Waals surface area contributed by atoms with Crippen molar-refractivity contribution in [1.29, 1.82) is 0 Å². The highest BCUT2D eigenvalue weighted by Crippen LogP contribution is 2.67. The van der Waals surface area contributed by atoms with Crippen molar-refractivity contribution >= 4 is 11.9 Å². The second kappa shape index (κ2) is 8.56. The molecule has 0 aromatic rings. The van der Waals surface area contributed by atoms with Gasteiger partial charge in [0.2, 0.25) is 0 Å². The van der Waals surface area contributed by atoms with E-state index in [0.717, 1.165) is 31.1 Å². The molecule has 0 aliphatic heterocycles. The number of fused-ring (bicyclic) bond motifs is 5. The van der Waals surface area contributed by atoms with E-state index in [1.807, 2.05) is 0 Å². The Labute approximate surface area is 188 Å². The van der Waals surface area contributed by atoms with E-state index >= 15 is 0 Å². The van der Waals surface area contributed by atoms with Gasteiger partial charge in [0.05, 0.1) is 7.11 Å². The molecule has 4 aliphatic rings. The van der Waals surface area contributed by atoms with Gasteiger partial charge in [-0.3, -0.25) is 9.59 Å². The Hall–Kier alpha value is -1.32. The molecule has 0 heterocycles. The fraction of sp³-hybridized carbons (Fsp3) is 0.852. The first kappa shape index (κ1) is 22.9. The summed E-state index contributed by atoms with van der Waals surface area (Å²) < 4.78 is 10.5. The van der Waals surface area contributed by atoms with E-state index in [9.17, 15) is 9.59 Å². The molecule has 0 amide bonds. The molecule has 174 valence electrons. The predicted molar refractivity (Wildman–Crippen MR) is 121 cm³/mol. The molecule has 0 spiro atoms. The summed E-state index contributed by atoms with van der Waals surface area (Å²) in [5.41, 5.74) is 0.727. The minimum Gasteiger partial charge on any atom is -0.469 e. The van der Waals surface area contributed by atoms with Crippen LogP contribution in [-0.2, 0) is 19.1 Å². The number of hydrogen-bond donors (Lipinski definition) is 0. The lowest BCUT2D eigenvalue weighted by Crippen LogP contribution is -2.52. The first-order valence-electron chi connectivity index (χ1n) is 12.6. The molecule has 4 heteroatoms. The summed E-state index contributed by atoms with van der Waals surface area (Å²) in [5, 5.41) is 0. The molecule has 0 radical (unpaired) electrons. The molecule has 4 nitrogen and oxygen atoms in total. The fourth-order valence-electron chi connectivity index (χ4n) is 8.55. The van der Waals surface area contributed by atoms with Crippen LogP contribution in [0.2, 0.25) is 0 Å². The summed E-state index contributed by atoms with van der Waals surface area (Å²) >= 11 is 0. The van der Waals surface area contributed by atoms with Gasteiger partial charge < -0.3 is 9.47 Å². The smallest absolute Gasteiger partial charge is 0.305 e. The van der Waals surface area contributed by atoms with E-state index in [4.69, 9.17) is 9.47 Å². The van der Waals surface area contributed by atoms with Crippen molar-refractivity contribution in [3.8, 4) is 0 Å². The van der Waals surface area contributed by atoms with Crippen molar-refractivity contribution in [1.82, 2.24) is 0 Å². The molecule has 4 rings (SSSR count). The van der Waals surface area contributed by atoms with Gasteiger partial charge in [0.1, 0.15) is 6.10 Å². The topological polar surface area (TPSA) is 52.6 Å². The Morgan fingerprint density at radius 2 is 1.74 bits per heavy atom. The lowest BCUT2D eigenvalue weighted by atomic mass is 9.46. The second-order valence-corrected chi connectivity index (χ2v) is 11.6. The molecule has 0 saturated heterocycles. The monoisotopic (exact) mass is 430 g/mol. The maximum atomic E-state index is 11.7. The van der Waals surface area contributed by atoms with Gasteiger partial charge in [-0.15, -0.1) is 0 Å². The largest absolute Gasteiger partial charge is 0.469 e. The van der Waals surface area contributed by atoms with Crippen molar-refractivity contribution in [3.05, 3.63) is 12.2 Å². The van der Waals surface area contributed by atoms with Gasteiger partial charge in [0.15, 0.2) is 0 Å². The van der Waals surface area contributed by atoms with Crippen LogP contribution in [0.25, 0.3) is 0 Å². The highest BCUT2D eigenvalue weighted by Gasteiger charge is 2.59. The molecule has 0 aromatic carbocycles. The maximum absolute atomic E-state index is 11.7. The summed E-state index contributed by atoms with van der Waals surface area (Å²) in [6, 6.07) is 0. The minimum atomic E-state index is -0.141. The standard InChI is InChI=1S/C27H42O4/c1-17(6-11-25(29)30-5)22-9-10-23-21-8-7-19-16-20(31-18(2)28)12-14-26(19,3)24(21)13-15-27(22,23)4/h7-8,17,19-24H,6,9-16H2,1-5H3/t17-,19-,20-,21+,22-,23+,24+,26+,27-/m1/s1. The summed E-state index contributed by atoms with van der Waals surface area (Å²) in [6.45, 7) is 8.97. The number of carbonyl (C=O) groups excluding carboxylic acids is 2. The van der Waals surface area contributed by atoms with Crippen molar-refractivity contribution in [2.75, 3.05) is 7.11 Å². The van der Waals surface area contributed by atoms with Gasteiger partial charge in [-0.25, -0.2) is 0 Å². The highest BCUT2D eigenvalue weighted by atomic mass is 16.5. The Balaban J connectivity index is 1.49. The molecule has 4 aliphatic carbocycles. The third-order valence-electron chi connectivity index (χ3n) is 10.2. The van der Waals surface area contributed by atoms with E-state index in [1.54, 1.807) is 0 Å². The molecule has 9 atom stereocenters. The molecule has 0 bridgehead atoms. The van der Waals surface area contributed by atoms with Crippen LogP contribution in [-0.4, -0.2) is 25.2 Å². The van der Waals surface area contributed by atoms with E-state index in [1.165, 1.54) is 46.1 Å². The fourth-order valence-corrected chi connectivity index (χ4v) is 8.55. The molecule has 31 heavy (non-hydrogen) atoms. The normalized spacial score (nSPS) is 44.5. The number of esters is 2. The van der Waals surface area contributed by atoms with Crippen LogP contribution in [0.4, 0.5) is 0 Å². The van der Waals surface area contributed by atoms with Crippen molar-refractivity contribution in [2.24, 2.45) is 46.3 Å². The number of methoxy groups -OCH3 is 1. The van der Waals surface area contributed by atoms with Crippen molar-refractivity contribution in [3.63, 3.8) is 0 Å². The van der Waals surface area contributed by atoms with Gasteiger partial charge in [-0.2, -0.15) is 0 Å². The third kappa shape index (κ3) is 3.97. The first-order chi connectivity index (χ1) is 14.7. The zero-order valence-corrected chi connectivity index (χ0v) is 20.2. The maximum Gasteiger partial charge on any atom is 0.305 e. The average Bonchev–Trinajstić information content (AvgIpc) is 3.09. The van der Waals surface area contributed by atoms with Crippen LogP contribution in [0.5, 0.6) is 0 Å². The molecule has 0 unspecified atom stereocenters. The Kier molecular flexibility index (Phi) is 6.31. The molecule has 0 N–H and O–H groups in total. The summed E-state index contributed by atoms with van der Waals surface area (Å²) in [5.74, 6) is 3.80. The third-order valence-corrected chi connectivity index (χ3v) is 10.2. The van der Waals surface area contributed by atoms with Gasteiger partial charge in [0.25, 0.3) is 0 Å². The number of ether oxygens (including phenoxy) is 2. The minimum absolute atomic E-state index is 0.0752. The first-order valence-corrected chi connectivity index (χ1v) is 12.6. The van der Waals surface area contributed by atoms with Crippen LogP contribution < -0.4 is 0 Å². The average molecular weight is 431 g/mol. The van der Waals surface area contributed by atoms with Crippen LogP contribution in [0.1, 0.15) is 85.5 Å². The number of rotatable bonds is 5. The number of allylic oxidation sites excluding steroid dienone is 2. The Morgan fingerprint density at radius 3 is 2.45 bits per heavy atom. The summed E-state index contributed by atoms with van der Waals surface area (Å²) in [4.78, 5) is 23.1. The molecule has 0 aromatic heterocycles. The van der Waals surface area contributed by atoms with Gasteiger partial charge in [0, 0.05) is 13.3 Å². The molecule has 3 fully saturated rings. The second-order valence-electron chi connectivity index (χ2n) is 11.6. The van der Waals surface area contributed by atoms with Crippen molar-refractivity contribution < 1.29 is 19.1 Å². The quantitative estimate of drug-likeness (QED) is 0.400. The van der Waals surface area contributed by atoms with Gasteiger partial charge in [-0.1, -0.05) is 32.9 Å². The van der Waals surface area contributed by atoms with E-state index in [2.05, 4.69) is 32.9 Å². The molecular formula is C27H42O4. The summed E-state index contributed by atoms with van der Waals surface area (Å²) in [6.07, 6.45) is 15.1. The zero-order chi connectivity index (χ0) is 22.4. The Bertz CT molecular complexity index is 729. The molecular weight excluding hydrogens is 388 g/mol. The van der Waals surface area contributed by atoms with E-state index in [0.29, 0.717) is 40.9 Å². The number of hydrogen-bond acceptors (Lipinski definition) is 4. The van der Waals surface area contributed by atoms with Crippen LogP contribution in [0, 0.1) is 46.3 Å². The number of carbonyl (C=O) groups is 2. The predicted octanol–water partition coefficient (Wildman–Crippen LogP) is 5.94. The lowest BCUT2D eigenvalue weighted by molar-refractivity contribution is -0.153. The lowest BCUT2D eigenvalue weighted by Gasteiger charge is -2.59. The highest BCUT2D eigenvalue weighted by molar-refractivity contribution is 5.69. The zero-order valence-electron chi connectivity index (χ0n) is 20.2. The Morgan fingerprint density at radius 1 is 1.03 bits per heavy atom. The van der Waals surface area contributed by atoms with Crippen LogP contribution in [0.3, 0.4) is 0 Å². The molecule has 3 saturated carbocycles. The SMILES string of the molecule is COC(=O)CC[C@@H](C)[C@H]1CC[C@H]2[C@@H]3C=C[C@@H]4C[C@H](OC(C)=O)CC[C@]4(C)[C@H]3CC[C@]12C. The van der Waals surface area contributed by atoms with Crippen molar-refractivity contribution in [2.45, 2.75) is 91.6 Å².